The molecule has 0 bridgehead atoms. The average molecular weight is 508 g/mol. The van der Waals surface area contributed by atoms with Gasteiger partial charge in [0.2, 0.25) is 11.8 Å². The van der Waals surface area contributed by atoms with Crippen LogP contribution in [0.3, 0.4) is 0 Å². The molecule has 0 saturated heterocycles. The number of hydrogen-bond donors (Lipinski definition) is 3. The Morgan fingerprint density at radius 3 is 2.20 bits per heavy atom. The quantitative estimate of drug-likeness (QED) is 0.350. The van der Waals surface area contributed by atoms with Crippen LogP contribution in [0.5, 0.6) is 0 Å². The summed E-state index contributed by atoms with van der Waals surface area (Å²) in [6, 6.07) is 3.39. The third-order valence-corrected chi connectivity index (χ3v) is 6.19. The van der Waals surface area contributed by atoms with Crippen molar-refractivity contribution in [2.24, 2.45) is 5.92 Å². The fourth-order valence-electron chi connectivity index (χ4n) is 3.97. The molecule has 0 heterocycles. The number of methoxy groups -OCH3 is 1. The number of hydrogen-bond acceptors (Lipinski definition) is 7. The topological polar surface area (TPSA) is 114 Å². The second-order valence-corrected chi connectivity index (χ2v) is 10.3. The van der Waals surface area contributed by atoms with E-state index in [2.05, 4.69) is 28.0 Å². The second-order valence-electron chi connectivity index (χ2n) is 9.91. The van der Waals surface area contributed by atoms with E-state index in [0.29, 0.717) is 12.0 Å². The van der Waals surface area contributed by atoms with E-state index in [9.17, 15) is 19.2 Å². The van der Waals surface area contributed by atoms with Crippen molar-refractivity contribution in [3.05, 3.63) is 34.9 Å². The number of amides is 3. The molecule has 0 spiro atoms. The van der Waals surface area contributed by atoms with Crippen LogP contribution in [0, 0.1) is 19.8 Å². The lowest BCUT2D eigenvalue weighted by molar-refractivity contribution is -0.145. The van der Waals surface area contributed by atoms with Crippen LogP contribution in [0.25, 0.3) is 0 Å². The molecule has 2 rings (SSSR count). The summed E-state index contributed by atoms with van der Waals surface area (Å²) in [7, 11) is 1.23. The Morgan fingerprint density at radius 2 is 1.74 bits per heavy atom. The number of carbonyl (C=O) groups excluding carboxylic acids is 4. The lowest BCUT2D eigenvalue weighted by Crippen LogP contribution is -2.55. The number of rotatable bonds is 9. The standard InChI is InChI=1S/C25H37N3O6S/c1-14-9-8-10-15(2)20(14)21(22(30)26-12-19(29)33-7)28(18-11-16(18)3)23(31)17(13-35)27-24(32)34-25(4,5)6/h8-10,16-18,21,35H,11-13H2,1-7H3,(H,26,30)(H,27,32). The molecule has 0 aromatic heterocycles. The first-order chi connectivity index (χ1) is 16.3. The lowest BCUT2D eigenvalue weighted by atomic mass is 9.93. The van der Waals surface area contributed by atoms with Crippen LogP contribution in [0.2, 0.25) is 0 Å². The summed E-state index contributed by atoms with van der Waals surface area (Å²) in [6.07, 6.45) is -0.0316. The zero-order valence-electron chi connectivity index (χ0n) is 21.5. The Bertz CT molecular complexity index is 941. The summed E-state index contributed by atoms with van der Waals surface area (Å²) in [5.74, 6) is -1.37. The summed E-state index contributed by atoms with van der Waals surface area (Å²) < 4.78 is 9.97. The number of esters is 1. The Balaban J connectivity index is 2.48. The molecule has 10 heteroatoms. The maximum atomic E-state index is 13.9. The van der Waals surface area contributed by atoms with E-state index >= 15 is 0 Å². The van der Waals surface area contributed by atoms with E-state index in [4.69, 9.17) is 4.74 Å². The van der Waals surface area contributed by atoms with Crippen LogP contribution in [0.15, 0.2) is 18.2 Å². The smallest absolute Gasteiger partial charge is 0.408 e. The maximum Gasteiger partial charge on any atom is 0.408 e. The van der Waals surface area contributed by atoms with E-state index in [-0.39, 0.29) is 24.3 Å². The minimum Gasteiger partial charge on any atom is -0.468 e. The largest absolute Gasteiger partial charge is 0.468 e. The summed E-state index contributed by atoms with van der Waals surface area (Å²) in [6.45, 7) is 10.6. The number of nitrogens with zero attached hydrogens (tertiary/aromatic N) is 1. The molecular formula is C25H37N3O6S. The number of nitrogens with one attached hydrogen (secondary N) is 2. The minimum absolute atomic E-state index is 0.0128. The van der Waals surface area contributed by atoms with Crippen LogP contribution < -0.4 is 10.6 Å². The van der Waals surface area contributed by atoms with Gasteiger partial charge in [0, 0.05) is 11.8 Å². The van der Waals surface area contributed by atoms with E-state index in [1.165, 1.54) is 12.0 Å². The number of ether oxygens (including phenoxy) is 2. The predicted octanol–water partition coefficient (Wildman–Crippen LogP) is 2.69. The van der Waals surface area contributed by atoms with Gasteiger partial charge in [-0.15, -0.1) is 0 Å². The molecule has 3 amide bonds. The Hall–Kier alpha value is -2.75. The van der Waals surface area contributed by atoms with Crippen molar-refractivity contribution in [3.8, 4) is 0 Å². The van der Waals surface area contributed by atoms with Gasteiger partial charge in [-0.2, -0.15) is 12.6 Å². The normalized spacial score (nSPS) is 18.6. The van der Waals surface area contributed by atoms with Crippen molar-refractivity contribution < 1.29 is 28.7 Å². The summed E-state index contributed by atoms with van der Waals surface area (Å²) in [5, 5.41) is 5.21. The number of benzene rings is 1. The lowest BCUT2D eigenvalue weighted by Gasteiger charge is -2.36. The molecule has 0 radical (unpaired) electrons. The minimum atomic E-state index is -1.01. The molecular weight excluding hydrogens is 470 g/mol. The predicted molar refractivity (Wildman–Crippen MR) is 135 cm³/mol. The fourth-order valence-corrected chi connectivity index (χ4v) is 4.22. The molecule has 2 N–H and O–H groups in total. The van der Waals surface area contributed by atoms with Crippen molar-refractivity contribution in [2.45, 2.75) is 71.7 Å². The number of aryl methyl sites for hydroxylation is 2. The van der Waals surface area contributed by atoms with E-state index in [0.717, 1.165) is 11.1 Å². The van der Waals surface area contributed by atoms with E-state index < -0.39 is 41.6 Å². The second kappa shape index (κ2) is 11.8. The molecule has 1 saturated carbocycles. The van der Waals surface area contributed by atoms with Gasteiger partial charge in [0.05, 0.1) is 7.11 Å². The van der Waals surface area contributed by atoms with Gasteiger partial charge in [0.1, 0.15) is 24.2 Å². The van der Waals surface area contributed by atoms with Crippen molar-refractivity contribution in [3.63, 3.8) is 0 Å². The zero-order chi connectivity index (χ0) is 26.5. The average Bonchev–Trinajstić information content (AvgIpc) is 3.48. The van der Waals surface area contributed by atoms with Gasteiger partial charge in [-0.1, -0.05) is 25.1 Å². The summed E-state index contributed by atoms with van der Waals surface area (Å²) >= 11 is 4.30. The third-order valence-electron chi connectivity index (χ3n) is 5.83. The summed E-state index contributed by atoms with van der Waals surface area (Å²) in [5.41, 5.74) is 1.60. The monoisotopic (exact) mass is 507 g/mol. The van der Waals surface area contributed by atoms with E-state index in [1.54, 1.807) is 20.8 Å². The van der Waals surface area contributed by atoms with E-state index in [1.807, 2.05) is 39.0 Å². The molecule has 4 atom stereocenters. The third kappa shape index (κ3) is 7.62. The van der Waals surface area contributed by atoms with Gasteiger partial charge in [0.15, 0.2) is 0 Å². The zero-order valence-corrected chi connectivity index (χ0v) is 22.4. The van der Waals surface area contributed by atoms with Crippen LogP contribution in [-0.2, 0) is 23.9 Å². The number of thiol groups is 1. The molecule has 1 aromatic rings. The highest BCUT2D eigenvalue weighted by atomic mass is 32.1. The van der Waals surface area contributed by atoms with Gasteiger partial charge in [-0.05, 0) is 63.6 Å². The Kier molecular flexibility index (Phi) is 9.60. The number of alkyl carbamates (subject to hydrolysis) is 1. The highest BCUT2D eigenvalue weighted by Crippen LogP contribution is 2.42. The first-order valence-electron chi connectivity index (χ1n) is 11.6. The van der Waals surface area contributed by atoms with Crippen LogP contribution in [-0.4, -0.2) is 65.9 Å². The molecule has 35 heavy (non-hydrogen) atoms. The first-order valence-corrected chi connectivity index (χ1v) is 12.3. The molecule has 0 aliphatic heterocycles. The molecule has 1 aliphatic carbocycles. The van der Waals surface area contributed by atoms with Crippen molar-refractivity contribution in [2.75, 3.05) is 19.4 Å². The first kappa shape index (κ1) is 28.5. The molecule has 194 valence electrons. The van der Waals surface area contributed by atoms with Crippen molar-refractivity contribution in [1.29, 1.82) is 0 Å². The van der Waals surface area contributed by atoms with Gasteiger partial charge < -0.3 is 25.0 Å². The molecule has 1 fully saturated rings. The van der Waals surface area contributed by atoms with Gasteiger partial charge in [-0.3, -0.25) is 14.4 Å². The van der Waals surface area contributed by atoms with Crippen molar-refractivity contribution >= 4 is 36.5 Å². The Morgan fingerprint density at radius 1 is 1.17 bits per heavy atom. The molecule has 9 nitrogen and oxygen atoms in total. The fraction of sp³-hybridized carbons (Fsp3) is 0.600. The van der Waals surface area contributed by atoms with Gasteiger partial charge in [0.25, 0.3) is 0 Å². The van der Waals surface area contributed by atoms with Crippen LogP contribution in [0.1, 0.15) is 56.8 Å². The van der Waals surface area contributed by atoms with Crippen LogP contribution in [0.4, 0.5) is 4.79 Å². The molecule has 4 unspecified atom stereocenters. The summed E-state index contributed by atoms with van der Waals surface area (Å²) in [4.78, 5) is 53.1. The highest BCUT2D eigenvalue weighted by molar-refractivity contribution is 7.80. The number of carbonyl (C=O) groups is 4. The van der Waals surface area contributed by atoms with Gasteiger partial charge >= 0.3 is 12.1 Å². The SMILES string of the molecule is COC(=O)CNC(=O)C(c1c(C)cccc1C)N(C(=O)C(CS)NC(=O)OC(C)(C)C)C1CC1C. The Labute approximate surface area is 212 Å². The van der Waals surface area contributed by atoms with Gasteiger partial charge in [-0.25, -0.2) is 4.79 Å². The molecule has 1 aromatic carbocycles. The maximum absolute atomic E-state index is 13.9. The highest BCUT2D eigenvalue weighted by Gasteiger charge is 2.48. The van der Waals surface area contributed by atoms with Crippen LogP contribution >= 0.6 is 12.6 Å². The molecule has 1 aliphatic rings. The van der Waals surface area contributed by atoms with Crippen molar-refractivity contribution in [1.82, 2.24) is 15.5 Å².